The molecule has 3 aromatic heterocycles. The number of rotatable bonds is 7. The van der Waals surface area contributed by atoms with Crippen molar-refractivity contribution in [3.05, 3.63) is 62.4 Å². The lowest BCUT2D eigenvalue weighted by Gasteiger charge is -2.13. The number of anilines is 3. The van der Waals surface area contributed by atoms with Gasteiger partial charge >= 0.3 is 0 Å². The molecule has 4 N–H and O–H groups in total. The molecule has 10 nitrogen and oxygen atoms in total. The van der Waals surface area contributed by atoms with Crippen LogP contribution in [0.3, 0.4) is 0 Å². The number of thioether (sulfide) groups is 1. The average Bonchev–Trinajstić information content (AvgIpc) is 3.53. The number of amides is 2. The Balaban J connectivity index is 1.42. The maximum atomic E-state index is 13.6. The number of nitrogen functional groups attached to an aromatic ring is 1. The van der Waals surface area contributed by atoms with E-state index in [1.807, 2.05) is 30.3 Å². The van der Waals surface area contributed by atoms with E-state index in [2.05, 4.69) is 20.8 Å². The molecule has 0 saturated heterocycles. The number of carbonyl (C=O) groups excluding carboxylic acids is 2. The van der Waals surface area contributed by atoms with E-state index in [0.717, 1.165) is 36.1 Å². The van der Waals surface area contributed by atoms with Gasteiger partial charge in [-0.3, -0.25) is 19.1 Å². The van der Waals surface area contributed by atoms with Crippen molar-refractivity contribution in [3.8, 4) is 5.69 Å². The second-order valence-electron chi connectivity index (χ2n) is 8.55. The lowest BCUT2D eigenvalue weighted by molar-refractivity contribution is -0.113. The van der Waals surface area contributed by atoms with Crippen LogP contribution < -0.4 is 21.9 Å². The third kappa shape index (κ3) is 5.06. The molecule has 0 radical (unpaired) electrons. The molecule has 0 aliphatic heterocycles. The van der Waals surface area contributed by atoms with Crippen molar-refractivity contribution in [2.75, 3.05) is 22.1 Å². The van der Waals surface area contributed by atoms with Crippen LogP contribution in [0.4, 0.5) is 15.8 Å². The van der Waals surface area contributed by atoms with Gasteiger partial charge < -0.3 is 16.4 Å². The van der Waals surface area contributed by atoms with Crippen molar-refractivity contribution < 1.29 is 9.59 Å². The van der Waals surface area contributed by atoms with Gasteiger partial charge in [-0.25, -0.2) is 4.68 Å². The van der Waals surface area contributed by atoms with Crippen LogP contribution in [0.15, 0.2) is 39.5 Å². The van der Waals surface area contributed by atoms with Gasteiger partial charge in [0.2, 0.25) is 11.0 Å². The van der Waals surface area contributed by atoms with E-state index in [9.17, 15) is 14.4 Å². The zero-order valence-corrected chi connectivity index (χ0v) is 22.7. The van der Waals surface area contributed by atoms with Crippen molar-refractivity contribution >= 4 is 62.1 Å². The van der Waals surface area contributed by atoms with Crippen molar-refractivity contribution in [2.24, 2.45) is 7.05 Å². The first kappa shape index (κ1) is 25.2. The van der Waals surface area contributed by atoms with Crippen molar-refractivity contribution in [2.45, 2.75) is 36.9 Å². The van der Waals surface area contributed by atoms with Crippen LogP contribution in [0, 0.1) is 6.92 Å². The summed E-state index contributed by atoms with van der Waals surface area (Å²) < 4.78 is 3.84. The molecule has 0 atom stereocenters. The molecule has 37 heavy (non-hydrogen) atoms. The van der Waals surface area contributed by atoms with E-state index in [4.69, 9.17) is 5.73 Å². The molecule has 1 aliphatic carbocycles. The minimum atomic E-state index is -0.398. The molecule has 192 valence electrons. The summed E-state index contributed by atoms with van der Waals surface area (Å²) >= 11 is 3.88. The molecule has 0 bridgehead atoms. The zero-order valence-electron chi connectivity index (χ0n) is 20.2. The number of hydrogen-bond acceptors (Lipinski definition) is 9. The van der Waals surface area contributed by atoms with Gasteiger partial charge in [-0.05, 0) is 50.3 Å². The fourth-order valence-corrected chi connectivity index (χ4v) is 7.09. The molecule has 0 spiro atoms. The van der Waals surface area contributed by atoms with Crippen LogP contribution in [-0.2, 0) is 24.7 Å². The van der Waals surface area contributed by atoms with Crippen LogP contribution in [0.5, 0.6) is 0 Å². The van der Waals surface area contributed by atoms with E-state index < -0.39 is 5.91 Å². The molecule has 3 heterocycles. The number of nitrogens with one attached hydrogen (secondary N) is 2. The SMILES string of the molecule is Cc1c(NC(=O)c2c(NC(=O)CSc3nnc(N)s3)sc3c2CCCC3)c(=O)n(-c2ccccc2)n1C. The van der Waals surface area contributed by atoms with Crippen molar-refractivity contribution in [3.63, 3.8) is 0 Å². The minimum Gasteiger partial charge on any atom is -0.374 e. The van der Waals surface area contributed by atoms with Crippen LogP contribution in [-0.4, -0.2) is 37.1 Å². The van der Waals surface area contributed by atoms with E-state index in [1.54, 1.807) is 18.7 Å². The predicted octanol–water partition coefficient (Wildman–Crippen LogP) is 3.84. The number of nitrogens with two attached hydrogens (primary N) is 1. The van der Waals surface area contributed by atoms with E-state index in [1.165, 1.54) is 39.1 Å². The van der Waals surface area contributed by atoms with Gasteiger partial charge in [-0.15, -0.1) is 21.5 Å². The smallest absolute Gasteiger partial charge is 0.295 e. The highest BCUT2D eigenvalue weighted by molar-refractivity contribution is 8.01. The third-order valence-corrected chi connectivity index (χ3v) is 9.29. The maximum Gasteiger partial charge on any atom is 0.295 e. The Labute approximate surface area is 224 Å². The summed E-state index contributed by atoms with van der Waals surface area (Å²) in [4.78, 5) is 40.8. The first-order valence-corrected chi connectivity index (χ1v) is 14.3. The number of aromatic nitrogens is 4. The van der Waals surface area contributed by atoms with Gasteiger partial charge in [0.15, 0.2) is 4.34 Å². The van der Waals surface area contributed by atoms with Gasteiger partial charge in [0.05, 0.1) is 22.7 Å². The summed E-state index contributed by atoms with van der Waals surface area (Å²) in [6.45, 7) is 1.79. The summed E-state index contributed by atoms with van der Waals surface area (Å²) in [7, 11) is 1.78. The highest BCUT2D eigenvalue weighted by atomic mass is 32.2. The number of hydrogen-bond donors (Lipinski definition) is 3. The number of carbonyl (C=O) groups is 2. The summed E-state index contributed by atoms with van der Waals surface area (Å²) in [5.41, 5.74) is 8.23. The highest BCUT2D eigenvalue weighted by Gasteiger charge is 2.28. The largest absolute Gasteiger partial charge is 0.374 e. The predicted molar refractivity (Wildman–Crippen MR) is 148 cm³/mol. The van der Waals surface area contributed by atoms with Crippen molar-refractivity contribution in [1.29, 1.82) is 0 Å². The minimum absolute atomic E-state index is 0.109. The van der Waals surface area contributed by atoms with Crippen molar-refractivity contribution in [1.82, 2.24) is 19.6 Å². The number of thiophene rings is 1. The maximum absolute atomic E-state index is 13.6. The fraction of sp³-hybridized carbons (Fsp3) is 0.292. The molecule has 4 aromatic rings. The summed E-state index contributed by atoms with van der Waals surface area (Å²) in [5.74, 6) is -0.545. The normalized spacial score (nSPS) is 12.8. The van der Waals surface area contributed by atoms with E-state index in [-0.39, 0.29) is 22.9 Å². The van der Waals surface area contributed by atoms with Gasteiger partial charge in [0, 0.05) is 11.9 Å². The second kappa shape index (κ2) is 10.5. The first-order chi connectivity index (χ1) is 17.8. The third-order valence-electron chi connectivity index (χ3n) is 6.19. The lowest BCUT2D eigenvalue weighted by atomic mass is 9.95. The monoisotopic (exact) mass is 555 g/mol. The second-order valence-corrected chi connectivity index (χ2v) is 11.9. The Kier molecular flexibility index (Phi) is 7.17. The zero-order chi connectivity index (χ0) is 26.1. The topological polar surface area (TPSA) is 137 Å². The number of aryl methyl sites for hydroxylation is 1. The standard InChI is InChI=1S/C24H25N7O3S3/c1-13-19(22(34)31(30(13)2)14-8-4-3-5-9-14)27-20(33)18-15-10-6-7-11-16(15)36-21(18)26-17(32)12-35-24-29-28-23(25)37-24/h3-5,8-9H,6-7,10-12H2,1-2H3,(H2,25,28)(H,26,32)(H,27,33). The summed E-state index contributed by atoms with van der Waals surface area (Å²) in [6.07, 6.45) is 3.62. The Morgan fingerprint density at radius 1 is 1.11 bits per heavy atom. The van der Waals surface area contributed by atoms with Crippen LogP contribution in [0.25, 0.3) is 5.69 Å². The Bertz CT molecular complexity index is 1530. The van der Waals surface area contributed by atoms with Gasteiger partial charge in [-0.1, -0.05) is 41.3 Å². The first-order valence-electron chi connectivity index (χ1n) is 11.6. The van der Waals surface area contributed by atoms with E-state index >= 15 is 0 Å². The molecule has 2 amide bonds. The number of fused-ring (bicyclic) bond motifs is 1. The molecule has 13 heteroatoms. The van der Waals surface area contributed by atoms with Gasteiger partial charge in [0.25, 0.3) is 11.5 Å². The molecule has 0 saturated carbocycles. The molecule has 0 unspecified atom stereocenters. The Hall–Kier alpha value is -3.42. The molecule has 1 aliphatic rings. The van der Waals surface area contributed by atoms with Crippen LogP contribution >= 0.6 is 34.4 Å². The summed E-state index contributed by atoms with van der Waals surface area (Å²) in [6, 6.07) is 9.26. The van der Waals surface area contributed by atoms with E-state index in [0.29, 0.717) is 31.4 Å². The molecule has 0 fully saturated rings. The Morgan fingerprint density at radius 2 is 1.86 bits per heavy atom. The quantitative estimate of drug-likeness (QED) is 0.295. The molecular weight excluding hydrogens is 531 g/mol. The number of benzene rings is 1. The molecule has 1 aromatic carbocycles. The fourth-order valence-electron chi connectivity index (χ4n) is 4.35. The van der Waals surface area contributed by atoms with Gasteiger partial charge in [-0.2, -0.15) is 0 Å². The molecular formula is C24H25N7O3S3. The molecule has 5 rings (SSSR count). The Morgan fingerprint density at radius 3 is 2.59 bits per heavy atom. The number of nitrogens with zero attached hydrogens (tertiary/aromatic N) is 4. The highest BCUT2D eigenvalue weighted by Crippen LogP contribution is 2.39. The van der Waals surface area contributed by atoms with Gasteiger partial charge in [0.1, 0.15) is 10.7 Å². The lowest BCUT2D eigenvalue weighted by Crippen LogP contribution is -2.24. The number of para-hydroxylation sites is 1. The summed E-state index contributed by atoms with van der Waals surface area (Å²) in [5, 5.41) is 14.3. The average molecular weight is 556 g/mol. The van der Waals surface area contributed by atoms with Crippen LogP contribution in [0.2, 0.25) is 0 Å². The van der Waals surface area contributed by atoms with Crippen LogP contribution in [0.1, 0.15) is 39.3 Å².